The molecule has 206 valence electrons. The Kier molecular flexibility index (Phi) is 7.66. The first-order chi connectivity index (χ1) is 19.3. The number of carbonyl (C=O) groups excluding carboxylic acids is 1. The molecule has 4 aromatic rings. The summed E-state index contributed by atoms with van der Waals surface area (Å²) in [4.78, 5) is 31.7. The topological polar surface area (TPSA) is 102 Å². The molecule has 1 fully saturated rings. The lowest BCUT2D eigenvalue weighted by atomic mass is 10.0. The average molecular weight is 542 g/mol. The zero-order chi connectivity index (χ0) is 28.3. The van der Waals surface area contributed by atoms with E-state index in [2.05, 4.69) is 34.4 Å². The van der Waals surface area contributed by atoms with E-state index in [1.165, 1.54) is 28.6 Å². The monoisotopic (exact) mass is 541 g/mol. The number of primary amides is 1. The van der Waals surface area contributed by atoms with Gasteiger partial charge in [-0.1, -0.05) is 48.5 Å². The van der Waals surface area contributed by atoms with Gasteiger partial charge in [-0.3, -0.25) is 19.1 Å². The molecule has 0 aliphatic heterocycles. The summed E-state index contributed by atoms with van der Waals surface area (Å²) in [5.41, 5.74) is 7.04. The fraction of sp³-hybridized carbons (Fsp3) is 0.258. The Bertz CT molecular complexity index is 1580. The lowest BCUT2D eigenvalue weighted by molar-refractivity contribution is 0.1000. The second kappa shape index (κ2) is 11.3. The number of nitrogens with zero attached hydrogens (tertiary/aromatic N) is 3. The van der Waals surface area contributed by atoms with E-state index in [1.54, 1.807) is 6.92 Å². The van der Waals surface area contributed by atoms with Crippen molar-refractivity contribution in [3.05, 3.63) is 118 Å². The molecule has 9 heteroatoms. The van der Waals surface area contributed by atoms with Crippen molar-refractivity contribution in [1.82, 2.24) is 14.5 Å². The van der Waals surface area contributed by atoms with Crippen molar-refractivity contribution in [3.8, 4) is 11.4 Å². The fourth-order valence-electron chi connectivity index (χ4n) is 4.83. The smallest absolute Gasteiger partial charge is 0.297 e. The highest BCUT2D eigenvalue weighted by Crippen LogP contribution is 2.50. The standard InChI is InChI=1S/C31H32FN5O3/c1-21-25(32)18-23(28(33)38)19-26(21)37-15-14-34-29(30(37)39)35-31(12-13-31)24-10-6-7-11-27(24)40-17-16-36(2)20-22-8-4-3-5-9-22/h3-11,14-15,18-19H,12-13,16-17,20H2,1-2H3,(H2,33,38)(H,34,35). The summed E-state index contributed by atoms with van der Waals surface area (Å²) in [5.74, 6) is -0.519. The van der Waals surface area contributed by atoms with Crippen LogP contribution in [-0.4, -0.2) is 40.6 Å². The summed E-state index contributed by atoms with van der Waals surface area (Å²) in [6.45, 7) is 3.63. The Morgan fingerprint density at radius 2 is 1.88 bits per heavy atom. The Balaban J connectivity index is 1.34. The molecule has 3 N–H and O–H groups in total. The van der Waals surface area contributed by atoms with Gasteiger partial charge in [0.2, 0.25) is 5.91 Å². The van der Waals surface area contributed by atoms with Crippen molar-refractivity contribution in [2.75, 3.05) is 25.5 Å². The third kappa shape index (κ3) is 5.74. The molecule has 1 aliphatic carbocycles. The quantitative estimate of drug-likeness (QED) is 0.292. The van der Waals surface area contributed by atoms with Crippen LogP contribution < -0.4 is 21.3 Å². The second-order valence-corrected chi connectivity index (χ2v) is 10.2. The Labute approximate surface area is 232 Å². The molecule has 5 rings (SSSR count). The molecule has 1 aromatic heterocycles. The fourth-order valence-corrected chi connectivity index (χ4v) is 4.83. The maximum atomic E-state index is 14.6. The van der Waals surface area contributed by atoms with E-state index < -0.39 is 22.8 Å². The lowest BCUT2D eigenvalue weighted by Crippen LogP contribution is -2.30. The summed E-state index contributed by atoms with van der Waals surface area (Å²) in [6, 6.07) is 20.6. The zero-order valence-electron chi connectivity index (χ0n) is 22.6. The molecule has 0 atom stereocenters. The molecule has 0 radical (unpaired) electrons. The van der Waals surface area contributed by atoms with Crippen LogP contribution in [0.2, 0.25) is 0 Å². The minimum atomic E-state index is -0.777. The van der Waals surface area contributed by atoms with Crippen molar-refractivity contribution in [2.45, 2.75) is 31.8 Å². The van der Waals surface area contributed by atoms with Crippen molar-refractivity contribution >= 4 is 11.7 Å². The molecule has 0 unspecified atom stereocenters. The van der Waals surface area contributed by atoms with Crippen molar-refractivity contribution in [3.63, 3.8) is 0 Å². The van der Waals surface area contributed by atoms with E-state index >= 15 is 0 Å². The van der Waals surface area contributed by atoms with Gasteiger partial charge in [0.15, 0.2) is 5.82 Å². The molecule has 0 bridgehead atoms. The molecule has 1 aliphatic rings. The van der Waals surface area contributed by atoms with Crippen molar-refractivity contribution in [2.24, 2.45) is 5.73 Å². The van der Waals surface area contributed by atoms with Crippen LogP contribution in [0.4, 0.5) is 10.2 Å². The van der Waals surface area contributed by atoms with Gasteiger partial charge in [0.1, 0.15) is 18.2 Å². The highest BCUT2D eigenvalue weighted by molar-refractivity contribution is 5.93. The van der Waals surface area contributed by atoms with E-state index in [-0.39, 0.29) is 22.6 Å². The maximum Gasteiger partial charge on any atom is 0.297 e. The molecule has 40 heavy (non-hydrogen) atoms. The number of para-hydroxylation sites is 1. The number of rotatable bonds is 11. The number of anilines is 1. The van der Waals surface area contributed by atoms with Crippen LogP contribution in [0.1, 0.15) is 39.9 Å². The van der Waals surface area contributed by atoms with E-state index in [0.29, 0.717) is 6.61 Å². The molecule has 0 saturated heterocycles. The number of hydrogen-bond acceptors (Lipinski definition) is 6. The van der Waals surface area contributed by atoms with Crippen LogP contribution in [0.3, 0.4) is 0 Å². The molecule has 8 nitrogen and oxygen atoms in total. The van der Waals surface area contributed by atoms with Gasteiger partial charge in [0.05, 0.1) is 11.2 Å². The van der Waals surface area contributed by atoms with Gasteiger partial charge in [0, 0.05) is 42.2 Å². The predicted molar refractivity (Wildman–Crippen MR) is 152 cm³/mol. The summed E-state index contributed by atoms with van der Waals surface area (Å²) in [5, 5.41) is 3.35. The molecular weight excluding hydrogens is 509 g/mol. The van der Waals surface area contributed by atoms with Crippen LogP contribution in [0.25, 0.3) is 5.69 Å². The Morgan fingerprint density at radius 1 is 1.15 bits per heavy atom. The zero-order valence-corrected chi connectivity index (χ0v) is 22.6. The SMILES string of the molecule is Cc1c(F)cc(C(N)=O)cc1-n1ccnc(NC2(c3ccccc3OCCN(C)Cc3ccccc3)CC2)c1=O. The van der Waals surface area contributed by atoms with Gasteiger partial charge in [-0.25, -0.2) is 9.37 Å². The van der Waals surface area contributed by atoms with Gasteiger partial charge in [-0.2, -0.15) is 0 Å². The number of halogens is 1. The minimum absolute atomic E-state index is 0.0181. The number of hydrogen-bond donors (Lipinski definition) is 2. The van der Waals surface area contributed by atoms with Crippen LogP contribution in [0, 0.1) is 12.7 Å². The third-order valence-electron chi connectivity index (χ3n) is 7.24. The molecular formula is C31H32FN5O3. The number of nitrogens with two attached hydrogens (primary N) is 1. The van der Waals surface area contributed by atoms with Crippen LogP contribution in [0.15, 0.2) is 83.9 Å². The van der Waals surface area contributed by atoms with E-state index in [0.717, 1.165) is 43.3 Å². The van der Waals surface area contributed by atoms with E-state index in [1.807, 2.05) is 42.5 Å². The normalized spacial score (nSPS) is 13.7. The summed E-state index contributed by atoms with van der Waals surface area (Å²) in [7, 11) is 2.06. The van der Waals surface area contributed by atoms with Gasteiger partial charge in [0.25, 0.3) is 5.56 Å². The lowest BCUT2D eigenvalue weighted by Gasteiger charge is -2.23. The minimum Gasteiger partial charge on any atom is -0.492 e. The number of ether oxygens (including phenoxy) is 1. The van der Waals surface area contributed by atoms with E-state index in [4.69, 9.17) is 10.5 Å². The number of benzene rings is 3. The van der Waals surface area contributed by atoms with Crippen LogP contribution >= 0.6 is 0 Å². The van der Waals surface area contributed by atoms with Crippen LogP contribution in [-0.2, 0) is 12.1 Å². The van der Waals surface area contributed by atoms with Gasteiger partial charge >= 0.3 is 0 Å². The summed E-state index contributed by atoms with van der Waals surface area (Å²) in [6.07, 6.45) is 4.51. The average Bonchev–Trinajstić information content (AvgIpc) is 3.72. The maximum absolute atomic E-state index is 14.6. The van der Waals surface area contributed by atoms with E-state index in [9.17, 15) is 14.0 Å². The van der Waals surface area contributed by atoms with Crippen LogP contribution in [0.5, 0.6) is 5.75 Å². The van der Waals surface area contributed by atoms with Gasteiger partial charge in [-0.15, -0.1) is 0 Å². The highest BCUT2D eigenvalue weighted by atomic mass is 19.1. The molecule has 0 spiro atoms. The molecule has 1 amide bonds. The number of amides is 1. The molecule has 1 saturated carbocycles. The van der Waals surface area contributed by atoms with Gasteiger partial charge < -0.3 is 15.8 Å². The third-order valence-corrected chi connectivity index (χ3v) is 7.24. The Hall–Kier alpha value is -4.50. The number of likely N-dealkylation sites (N-methyl/N-ethyl adjacent to an activating group) is 1. The number of aromatic nitrogens is 2. The number of nitrogens with one attached hydrogen (secondary N) is 1. The largest absolute Gasteiger partial charge is 0.492 e. The first kappa shape index (κ1) is 27.1. The Morgan fingerprint density at radius 3 is 2.60 bits per heavy atom. The molecule has 3 aromatic carbocycles. The first-order valence-corrected chi connectivity index (χ1v) is 13.2. The van der Waals surface area contributed by atoms with Crippen molar-refractivity contribution in [1.29, 1.82) is 0 Å². The summed E-state index contributed by atoms with van der Waals surface area (Å²) < 4.78 is 22.1. The summed E-state index contributed by atoms with van der Waals surface area (Å²) >= 11 is 0. The number of carbonyl (C=O) groups is 1. The molecule has 1 heterocycles. The first-order valence-electron chi connectivity index (χ1n) is 13.2. The van der Waals surface area contributed by atoms with Crippen molar-refractivity contribution < 1.29 is 13.9 Å². The van der Waals surface area contributed by atoms with Gasteiger partial charge in [-0.05, 0) is 50.6 Å². The second-order valence-electron chi connectivity index (χ2n) is 10.2. The highest BCUT2D eigenvalue weighted by Gasteiger charge is 2.47. The predicted octanol–water partition coefficient (Wildman–Crippen LogP) is 4.39.